The van der Waals surface area contributed by atoms with Gasteiger partial charge in [-0.2, -0.15) is 0 Å². The van der Waals surface area contributed by atoms with E-state index in [9.17, 15) is 18.0 Å². The molecule has 0 N–H and O–H groups in total. The van der Waals surface area contributed by atoms with Crippen molar-refractivity contribution < 1.29 is 22.7 Å². The number of amides is 1. The number of aromatic nitrogens is 3. The van der Waals surface area contributed by atoms with Crippen LogP contribution in [-0.4, -0.2) is 38.8 Å². The van der Waals surface area contributed by atoms with Crippen LogP contribution in [0.1, 0.15) is 15.9 Å². The third-order valence-corrected chi connectivity index (χ3v) is 3.72. The second-order valence-corrected chi connectivity index (χ2v) is 5.69. The second-order valence-electron chi connectivity index (χ2n) is 5.69. The fourth-order valence-corrected chi connectivity index (χ4v) is 2.47. The minimum absolute atomic E-state index is 0.0473. The zero-order valence-electron chi connectivity index (χ0n) is 14.2. The Kier molecular flexibility index (Phi) is 5.11. The van der Waals surface area contributed by atoms with E-state index >= 15 is 0 Å². The highest BCUT2D eigenvalue weighted by molar-refractivity contribution is 5.93. The number of hydrogen-bond donors (Lipinski definition) is 0. The smallest absolute Gasteiger partial charge is 0.405 e. The van der Waals surface area contributed by atoms with Crippen LogP contribution in [-0.2, 0) is 6.54 Å². The molecule has 0 unspecified atom stereocenters. The minimum atomic E-state index is -4.80. The quantitative estimate of drug-likeness (QED) is 0.685. The monoisotopic (exact) mass is 376 g/mol. The van der Waals surface area contributed by atoms with Gasteiger partial charge in [0.25, 0.3) is 5.91 Å². The van der Waals surface area contributed by atoms with Crippen molar-refractivity contribution in [2.75, 3.05) is 7.05 Å². The van der Waals surface area contributed by atoms with E-state index in [1.165, 1.54) is 36.3 Å². The van der Waals surface area contributed by atoms with E-state index in [2.05, 4.69) is 14.7 Å². The zero-order chi connectivity index (χ0) is 19.4. The van der Waals surface area contributed by atoms with E-state index in [-0.39, 0.29) is 23.8 Å². The molecule has 0 bridgehead atoms. The van der Waals surface area contributed by atoms with Crippen LogP contribution in [0.25, 0.3) is 5.82 Å². The molecule has 1 amide bonds. The number of ether oxygens (including phenoxy) is 1. The summed E-state index contributed by atoms with van der Waals surface area (Å²) in [5.41, 5.74) is 0.559. The SMILES string of the molecule is CN(Cc1ccccc1OC(F)(F)F)C(=O)c1ccc(-n2ccnc2)nc1. The molecule has 0 spiro atoms. The fourth-order valence-electron chi connectivity index (χ4n) is 2.47. The highest BCUT2D eigenvalue weighted by Crippen LogP contribution is 2.27. The van der Waals surface area contributed by atoms with Crippen molar-refractivity contribution >= 4 is 5.91 Å². The first-order valence-electron chi connectivity index (χ1n) is 7.87. The number of nitrogens with zero attached hydrogens (tertiary/aromatic N) is 4. The van der Waals surface area contributed by atoms with Gasteiger partial charge < -0.3 is 9.64 Å². The van der Waals surface area contributed by atoms with Gasteiger partial charge in [0.15, 0.2) is 0 Å². The number of rotatable bonds is 5. The van der Waals surface area contributed by atoms with E-state index < -0.39 is 6.36 Å². The van der Waals surface area contributed by atoms with Crippen LogP contribution >= 0.6 is 0 Å². The Hall–Kier alpha value is -3.36. The van der Waals surface area contributed by atoms with E-state index in [0.717, 1.165) is 0 Å². The number of carbonyl (C=O) groups is 1. The van der Waals surface area contributed by atoms with Crippen LogP contribution in [0.3, 0.4) is 0 Å². The predicted molar refractivity (Wildman–Crippen MR) is 90.3 cm³/mol. The Bertz CT molecular complexity index is 909. The van der Waals surface area contributed by atoms with E-state index in [1.807, 2.05) is 0 Å². The van der Waals surface area contributed by atoms with Gasteiger partial charge in [-0.3, -0.25) is 9.36 Å². The van der Waals surface area contributed by atoms with Crippen molar-refractivity contribution in [2.45, 2.75) is 12.9 Å². The number of alkyl halides is 3. The molecule has 2 aromatic heterocycles. The van der Waals surface area contributed by atoms with Crippen LogP contribution in [0.2, 0.25) is 0 Å². The second kappa shape index (κ2) is 7.48. The number of hydrogen-bond acceptors (Lipinski definition) is 4. The van der Waals surface area contributed by atoms with Gasteiger partial charge in [0.2, 0.25) is 0 Å². The lowest BCUT2D eigenvalue weighted by molar-refractivity contribution is -0.275. The number of benzene rings is 1. The van der Waals surface area contributed by atoms with Crippen LogP contribution in [0.4, 0.5) is 13.2 Å². The van der Waals surface area contributed by atoms with Crippen LogP contribution in [0, 0.1) is 0 Å². The Balaban J connectivity index is 1.73. The van der Waals surface area contributed by atoms with Gasteiger partial charge in [0.05, 0.1) is 5.56 Å². The summed E-state index contributed by atoms with van der Waals surface area (Å²) in [5, 5.41) is 0. The van der Waals surface area contributed by atoms with E-state index in [4.69, 9.17) is 0 Å². The molecule has 0 aliphatic carbocycles. The van der Waals surface area contributed by atoms with Crippen molar-refractivity contribution in [1.82, 2.24) is 19.4 Å². The van der Waals surface area contributed by atoms with Gasteiger partial charge >= 0.3 is 6.36 Å². The van der Waals surface area contributed by atoms with Gasteiger partial charge in [0.1, 0.15) is 17.9 Å². The molecule has 3 aromatic rings. The molecule has 140 valence electrons. The van der Waals surface area contributed by atoms with Gasteiger partial charge in [0, 0.05) is 37.7 Å². The Labute approximate surface area is 152 Å². The van der Waals surface area contributed by atoms with Crippen molar-refractivity contribution in [1.29, 1.82) is 0 Å². The lowest BCUT2D eigenvalue weighted by atomic mass is 10.1. The minimum Gasteiger partial charge on any atom is -0.405 e. The molecule has 0 aliphatic rings. The van der Waals surface area contributed by atoms with Gasteiger partial charge in [-0.25, -0.2) is 9.97 Å². The molecule has 9 heteroatoms. The van der Waals surface area contributed by atoms with Crippen molar-refractivity contribution in [2.24, 2.45) is 0 Å². The summed E-state index contributed by atoms with van der Waals surface area (Å²) < 4.78 is 43.3. The third kappa shape index (κ3) is 4.63. The topological polar surface area (TPSA) is 60.2 Å². The first kappa shape index (κ1) is 18.4. The van der Waals surface area contributed by atoms with Gasteiger partial charge in [-0.05, 0) is 18.2 Å². The largest absolute Gasteiger partial charge is 0.573 e. The van der Waals surface area contributed by atoms with E-state index in [1.54, 1.807) is 41.5 Å². The molecule has 1 aromatic carbocycles. The van der Waals surface area contributed by atoms with Gasteiger partial charge in [-0.1, -0.05) is 18.2 Å². The molecule has 0 saturated carbocycles. The molecular weight excluding hydrogens is 361 g/mol. The first-order valence-corrected chi connectivity index (χ1v) is 7.87. The highest BCUT2D eigenvalue weighted by Gasteiger charge is 2.32. The summed E-state index contributed by atoms with van der Waals surface area (Å²) >= 11 is 0. The number of para-hydroxylation sites is 1. The molecule has 0 saturated heterocycles. The first-order chi connectivity index (χ1) is 12.8. The summed E-state index contributed by atoms with van der Waals surface area (Å²) in [5.74, 6) is -0.115. The molecular formula is C18H15F3N4O2. The standard InChI is InChI=1S/C18H15F3N4O2/c1-24(11-14-4-2-3-5-15(14)27-18(19,20)21)17(26)13-6-7-16(23-10-13)25-9-8-22-12-25/h2-10,12H,11H2,1H3. The van der Waals surface area contributed by atoms with Crippen molar-refractivity contribution in [3.8, 4) is 11.6 Å². The molecule has 3 rings (SSSR count). The fraction of sp³-hybridized carbons (Fsp3) is 0.167. The molecule has 0 atom stereocenters. The number of halogens is 3. The number of imidazole rings is 1. The Morgan fingerprint density at radius 3 is 2.63 bits per heavy atom. The zero-order valence-corrected chi connectivity index (χ0v) is 14.2. The third-order valence-electron chi connectivity index (χ3n) is 3.72. The number of pyridine rings is 1. The Morgan fingerprint density at radius 1 is 1.22 bits per heavy atom. The molecule has 0 aliphatic heterocycles. The predicted octanol–water partition coefficient (Wildman–Crippen LogP) is 3.44. The van der Waals surface area contributed by atoms with Crippen LogP contribution in [0.15, 0.2) is 61.3 Å². The Morgan fingerprint density at radius 2 is 2.00 bits per heavy atom. The summed E-state index contributed by atoms with van der Waals surface area (Å²) in [6.45, 7) is -0.0473. The average molecular weight is 376 g/mol. The van der Waals surface area contributed by atoms with Crippen molar-refractivity contribution in [3.05, 3.63) is 72.4 Å². The van der Waals surface area contributed by atoms with Crippen LogP contribution < -0.4 is 4.74 Å². The van der Waals surface area contributed by atoms with Crippen LogP contribution in [0.5, 0.6) is 5.75 Å². The summed E-state index contributed by atoms with van der Waals surface area (Å²) in [6, 6.07) is 8.96. The van der Waals surface area contributed by atoms with Gasteiger partial charge in [-0.15, -0.1) is 13.2 Å². The lowest BCUT2D eigenvalue weighted by Gasteiger charge is -2.20. The maximum Gasteiger partial charge on any atom is 0.573 e. The summed E-state index contributed by atoms with van der Waals surface area (Å²) in [4.78, 5) is 22.0. The van der Waals surface area contributed by atoms with E-state index in [0.29, 0.717) is 11.4 Å². The molecule has 0 radical (unpaired) electrons. The highest BCUT2D eigenvalue weighted by atomic mass is 19.4. The molecule has 0 fully saturated rings. The van der Waals surface area contributed by atoms with Crippen molar-refractivity contribution in [3.63, 3.8) is 0 Å². The maximum absolute atomic E-state index is 12.5. The summed E-state index contributed by atoms with van der Waals surface area (Å²) in [6.07, 6.45) is 1.51. The average Bonchev–Trinajstić information content (AvgIpc) is 3.16. The normalized spacial score (nSPS) is 11.3. The molecule has 6 nitrogen and oxygen atoms in total. The lowest BCUT2D eigenvalue weighted by Crippen LogP contribution is -2.27. The molecule has 2 heterocycles. The molecule has 27 heavy (non-hydrogen) atoms. The number of carbonyl (C=O) groups excluding carboxylic acids is 1. The maximum atomic E-state index is 12.5. The summed E-state index contributed by atoms with van der Waals surface area (Å²) in [7, 11) is 1.50.